The van der Waals surface area contributed by atoms with E-state index in [1.165, 1.54) is 18.3 Å². The van der Waals surface area contributed by atoms with E-state index >= 15 is 0 Å². The van der Waals surface area contributed by atoms with Crippen LogP contribution in [-0.2, 0) is 14.3 Å². The van der Waals surface area contributed by atoms with Gasteiger partial charge in [0.05, 0.1) is 19.1 Å². The van der Waals surface area contributed by atoms with Crippen LogP contribution in [0.1, 0.15) is 41.7 Å². The first-order valence-electron chi connectivity index (χ1n) is 9.06. The van der Waals surface area contributed by atoms with Gasteiger partial charge in [-0.2, -0.15) is 11.3 Å². The first-order chi connectivity index (χ1) is 13.5. The van der Waals surface area contributed by atoms with E-state index in [0.717, 1.165) is 11.3 Å². The molecule has 8 heteroatoms. The minimum atomic E-state index is -0.921. The molecule has 2 aromatic rings. The SMILES string of the molecule is CC(OC(=O)CCNC(=O)c1ccsc1)C(=O)NC1CCOc2ccccc21. The Bertz CT molecular complexity index is 837. The van der Waals surface area contributed by atoms with Crippen LogP contribution in [0.5, 0.6) is 5.75 Å². The molecule has 1 aromatic heterocycles. The van der Waals surface area contributed by atoms with Crippen molar-refractivity contribution in [1.82, 2.24) is 10.6 Å². The van der Waals surface area contributed by atoms with Crippen molar-refractivity contribution in [2.24, 2.45) is 0 Å². The topological polar surface area (TPSA) is 93.7 Å². The highest BCUT2D eigenvalue weighted by Crippen LogP contribution is 2.31. The lowest BCUT2D eigenvalue weighted by Gasteiger charge is -2.27. The zero-order valence-electron chi connectivity index (χ0n) is 15.5. The summed E-state index contributed by atoms with van der Waals surface area (Å²) in [5, 5.41) is 9.09. The van der Waals surface area contributed by atoms with Crippen molar-refractivity contribution in [2.45, 2.75) is 31.9 Å². The van der Waals surface area contributed by atoms with Crippen molar-refractivity contribution in [3.8, 4) is 5.75 Å². The van der Waals surface area contributed by atoms with Crippen LogP contribution < -0.4 is 15.4 Å². The minimum absolute atomic E-state index is 0.00635. The second kappa shape index (κ2) is 9.36. The van der Waals surface area contributed by atoms with Gasteiger partial charge in [-0.1, -0.05) is 18.2 Å². The summed E-state index contributed by atoms with van der Waals surface area (Å²) in [5.74, 6) is -0.388. The third kappa shape index (κ3) is 5.10. The fraction of sp³-hybridized carbons (Fsp3) is 0.350. The molecule has 1 aliphatic heterocycles. The van der Waals surface area contributed by atoms with Crippen LogP contribution in [0.4, 0.5) is 0 Å². The standard InChI is InChI=1S/C20H22N2O5S/c1-13(27-18(23)6-9-21-20(25)14-8-11-28-12-14)19(24)22-16-7-10-26-17-5-3-2-4-15(16)17/h2-5,8,11-13,16H,6-7,9-10H2,1H3,(H,21,25)(H,22,24). The van der Waals surface area contributed by atoms with Gasteiger partial charge in [-0.15, -0.1) is 0 Å². The number of thiophene rings is 1. The molecule has 0 spiro atoms. The number of nitrogens with one attached hydrogen (secondary N) is 2. The minimum Gasteiger partial charge on any atom is -0.493 e. The monoisotopic (exact) mass is 402 g/mol. The van der Waals surface area contributed by atoms with Gasteiger partial charge < -0.3 is 20.1 Å². The van der Waals surface area contributed by atoms with Crippen LogP contribution in [0.25, 0.3) is 0 Å². The van der Waals surface area contributed by atoms with Crippen LogP contribution >= 0.6 is 11.3 Å². The summed E-state index contributed by atoms with van der Waals surface area (Å²) in [6, 6.07) is 9.07. The number of benzene rings is 1. The lowest BCUT2D eigenvalue weighted by Crippen LogP contribution is -2.40. The Morgan fingerprint density at radius 2 is 2.11 bits per heavy atom. The number of fused-ring (bicyclic) bond motifs is 1. The highest BCUT2D eigenvalue weighted by Gasteiger charge is 2.26. The fourth-order valence-electron chi connectivity index (χ4n) is 2.86. The van der Waals surface area contributed by atoms with Gasteiger partial charge in [0.25, 0.3) is 11.8 Å². The van der Waals surface area contributed by atoms with E-state index in [-0.39, 0.29) is 30.8 Å². The van der Waals surface area contributed by atoms with Gasteiger partial charge in [-0.25, -0.2) is 0 Å². The van der Waals surface area contributed by atoms with Gasteiger partial charge in [0.1, 0.15) is 5.75 Å². The van der Waals surface area contributed by atoms with E-state index < -0.39 is 12.1 Å². The molecule has 0 saturated carbocycles. The van der Waals surface area contributed by atoms with Gasteiger partial charge in [0.15, 0.2) is 6.10 Å². The second-order valence-corrected chi connectivity index (χ2v) is 7.17. The summed E-state index contributed by atoms with van der Waals surface area (Å²) in [4.78, 5) is 36.2. The van der Waals surface area contributed by atoms with Gasteiger partial charge in [-0.3, -0.25) is 14.4 Å². The summed E-state index contributed by atoms with van der Waals surface area (Å²) < 4.78 is 10.8. The van der Waals surface area contributed by atoms with Crippen molar-refractivity contribution in [3.05, 3.63) is 52.2 Å². The van der Waals surface area contributed by atoms with Crippen molar-refractivity contribution >= 4 is 29.1 Å². The summed E-state index contributed by atoms with van der Waals surface area (Å²) in [5.41, 5.74) is 1.47. The third-order valence-corrected chi connectivity index (χ3v) is 5.03. The molecule has 0 fully saturated rings. The number of esters is 1. The van der Waals surface area contributed by atoms with Gasteiger partial charge in [0, 0.05) is 29.5 Å². The molecule has 2 amide bonds. The molecule has 1 aliphatic rings. The van der Waals surface area contributed by atoms with Crippen molar-refractivity contribution in [3.63, 3.8) is 0 Å². The molecule has 2 atom stereocenters. The molecule has 1 aromatic carbocycles. The molecule has 2 N–H and O–H groups in total. The molecule has 0 radical (unpaired) electrons. The fourth-order valence-corrected chi connectivity index (χ4v) is 3.50. The molecule has 0 bridgehead atoms. The Balaban J connectivity index is 1.43. The Morgan fingerprint density at radius 1 is 1.29 bits per heavy atom. The Hall–Kier alpha value is -2.87. The summed E-state index contributed by atoms with van der Waals surface area (Å²) >= 11 is 1.42. The number of carbonyl (C=O) groups excluding carboxylic acids is 3. The predicted octanol–water partition coefficient (Wildman–Crippen LogP) is 2.44. The van der Waals surface area contributed by atoms with E-state index in [2.05, 4.69) is 10.6 Å². The lowest BCUT2D eigenvalue weighted by atomic mass is 10.0. The third-order valence-electron chi connectivity index (χ3n) is 4.35. The zero-order chi connectivity index (χ0) is 19.9. The molecule has 2 heterocycles. The molecular formula is C20H22N2O5S. The largest absolute Gasteiger partial charge is 0.493 e. The number of hydrogen-bond donors (Lipinski definition) is 2. The molecule has 0 saturated heterocycles. The summed E-state index contributed by atoms with van der Waals surface area (Å²) in [6.45, 7) is 2.19. The van der Waals surface area contributed by atoms with Gasteiger partial charge in [0.2, 0.25) is 0 Å². The quantitative estimate of drug-likeness (QED) is 0.694. The van der Waals surface area contributed by atoms with Crippen molar-refractivity contribution < 1.29 is 23.9 Å². The number of rotatable bonds is 7. The molecule has 0 aliphatic carbocycles. The van der Waals surface area contributed by atoms with E-state index in [1.807, 2.05) is 24.3 Å². The van der Waals surface area contributed by atoms with E-state index in [9.17, 15) is 14.4 Å². The highest BCUT2D eigenvalue weighted by molar-refractivity contribution is 7.08. The smallest absolute Gasteiger partial charge is 0.308 e. The number of amides is 2. The number of ether oxygens (including phenoxy) is 2. The van der Waals surface area contributed by atoms with Gasteiger partial charge in [-0.05, 0) is 24.4 Å². The van der Waals surface area contributed by atoms with E-state index in [1.54, 1.807) is 16.8 Å². The van der Waals surface area contributed by atoms with Crippen LogP contribution in [-0.4, -0.2) is 37.0 Å². The number of hydrogen-bond acceptors (Lipinski definition) is 6. The van der Waals surface area contributed by atoms with Crippen LogP contribution in [0.15, 0.2) is 41.1 Å². The van der Waals surface area contributed by atoms with Gasteiger partial charge >= 0.3 is 5.97 Å². The Kier molecular flexibility index (Phi) is 6.65. The number of carbonyl (C=O) groups is 3. The molecule has 2 unspecified atom stereocenters. The van der Waals surface area contributed by atoms with E-state index in [4.69, 9.17) is 9.47 Å². The van der Waals surface area contributed by atoms with E-state index in [0.29, 0.717) is 18.6 Å². The highest BCUT2D eigenvalue weighted by atomic mass is 32.1. The molecule has 28 heavy (non-hydrogen) atoms. The normalized spacial score (nSPS) is 16.2. The molecule has 7 nitrogen and oxygen atoms in total. The van der Waals surface area contributed by atoms with Crippen molar-refractivity contribution in [1.29, 1.82) is 0 Å². The molecule has 3 rings (SSSR count). The number of para-hydroxylation sites is 1. The van der Waals surface area contributed by atoms with Crippen LogP contribution in [0.3, 0.4) is 0 Å². The maximum absolute atomic E-state index is 12.4. The maximum atomic E-state index is 12.4. The lowest BCUT2D eigenvalue weighted by molar-refractivity contribution is -0.155. The summed E-state index contributed by atoms with van der Waals surface area (Å²) in [6.07, 6.45) is -0.277. The summed E-state index contributed by atoms with van der Waals surface area (Å²) in [7, 11) is 0. The zero-order valence-corrected chi connectivity index (χ0v) is 16.3. The maximum Gasteiger partial charge on any atom is 0.308 e. The van der Waals surface area contributed by atoms with Crippen LogP contribution in [0, 0.1) is 0 Å². The molecule has 148 valence electrons. The Morgan fingerprint density at radius 3 is 2.89 bits per heavy atom. The van der Waals surface area contributed by atoms with Crippen molar-refractivity contribution in [2.75, 3.05) is 13.2 Å². The Labute approximate surface area is 167 Å². The second-order valence-electron chi connectivity index (χ2n) is 6.39. The van der Waals surface area contributed by atoms with Crippen LogP contribution in [0.2, 0.25) is 0 Å². The first kappa shape index (κ1) is 19.9. The molecular weight excluding hydrogens is 380 g/mol. The predicted molar refractivity (Wildman–Crippen MR) is 104 cm³/mol. The average Bonchev–Trinajstić information content (AvgIpc) is 3.23. The first-order valence-corrected chi connectivity index (χ1v) is 10.0. The average molecular weight is 402 g/mol.